The lowest BCUT2D eigenvalue weighted by Crippen LogP contribution is -2.09. The molecule has 1 heterocycles. The first kappa shape index (κ1) is 15.4. The summed E-state index contributed by atoms with van der Waals surface area (Å²) < 4.78 is 12.7. The number of nitrogens with zero attached hydrogens (tertiary/aromatic N) is 1. The molecule has 0 aliphatic carbocycles. The Labute approximate surface area is 125 Å². The maximum Gasteiger partial charge on any atom is 0.340 e. The van der Waals surface area contributed by atoms with E-state index in [1.54, 1.807) is 7.11 Å². The second-order valence-corrected chi connectivity index (χ2v) is 5.57. The SMILES string of the molecule is CCOC(=O)c1c(C)n(CC(C)C)c2ccc(OC)cc12. The Hall–Kier alpha value is -1.97. The standard InChI is InChI=1S/C17H23NO3/c1-6-21-17(19)16-12(4)18(10-11(2)3)15-8-7-13(20-5)9-14(15)16/h7-9,11H,6,10H2,1-5H3. The van der Waals surface area contributed by atoms with Crippen LogP contribution in [-0.2, 0) is 11.3 Å². The largest absolute Gasteiger partial charge is 0.497 e. The zero-order valence-corrected chi connectivity index (χ0v) is 13.4. The van der Waals surface area contributed by atoms with Crippen LogP contribution >= 0.6 is 0 Å². The summed E-state index contributed by atoms with van der Waals surface area (Å²) in [7, 11) is 1.63. The van der Waals surface area contributed by atoms with Gasteiger partial charge in [-0.25, -0.2) is 4.79 Å². The summed E-state index contributed by atoms with van der Waals surface area (Å²) in [5, 5.41) is 0.894. The number of benzene rings is 1. The van der Waals surface area contributed by atoms with E-state index in [1.807, 2.05) is 32.0 Å². The molecule has 0 fully saturated rings. The topological polar surface area (TPSA) is 40.5 Å². The first-order chi connectivity index (χ1) is 9.99. The van der Waals surface area contributed by atoms with E-state index in [0.29, 0.717) is 18.1 Å². The molecule has 0 spiro atoms. The Morgan fingerprint density at radius 1 is 1.33 bits per heavy atom. The maximum absolute atomic E-state index is 12.3. The van der Waals surface area contributed by atoms with Crippen molar-refractivity contribution in [3.63, 3.8) is 0 Å². The number of rotatable bonds is 5. The minimum Gasteiger partial charge on any atom is -0.497 e. The van der Waals surface area contributed by atoms with E-state index >= 15 is 0 Å². The molecule has 0 radical (unpaired) electrons. The molecule has 0 N–H and O–H groups in total. The zero-order valence-electron chi connectivity index (χ0n) is 13.4. The fourth-order valence-electron chi connectivity index (χ4n) is 2.65. The molecule has 0 saturated carbocycles. The number of aromatic nitrogens is 1. The number of esters is 1. The van der Waals surface area contributed by atoms with Crippen molar-refractivity contribution in [3.05, 3.63) is 29.5 Å². The Morgan fingerprint density at radius 3 is 2.62 bits per heavy atom. The Morgan fingerprint density at radius 2 is 2.05 bits per heavy atom. The molecule has 0 atom stereocenters. The number of hydrogen-bond donors (Lipinski definition) is 0. The summed E-state index contributed by atoms with van der Waals surface area (Å²) in [5.41, 5.74) is 2.64. The number of hydrogen-bond acceptors (Lipinski definition) is 3. The number of ether oxygens (including phenoxy) is 2. The average molecular weight is 289 g/mol. The molecule has 0 saturated heterocycles. The normalized spacial score (nSPS) is 11.1. The highest BCUT2D eigenvalue weighted by molar-refractivity contribution is 6.06. The Bertz CT molecular complexity index is 656. The molecular formula is C17H23NO3. The lowest BCUT2D eigenvalue weighted by molar-refractivity contribution is 0.0527. The van der Waals surface area contributed by atoms with Gasteiger partial charge in [0.05, 0.1) is 19.3 Å². The minimum absolute atomic E-state index is 0.268. The second-order valence-electron chi connectivity index (χ2n) is 5.57. The zero-order chi connectivity index (χ0) is 15.6. The highest BCUT2D eigenvalue weighted by Gasteiger charge is 2.21. The van der Waals surface area contributed by atoms with E-state index in [0.717, 1.165) is 28.9 Å². The summed E-state index contributed by atoms with van der Waals surface area (Å²) in [5.74, 6) is 0.974. The van der Waals surface area contributed by atoms with Crippen LogP contribution in [0.1, 0.15) is 36.8 Å². The van der Waals surface area contributed by atoms with Crippen LogP contribution in [0.5, 0.6) is 5.75 Å². The molecule has 4 nitrogen and oxygen atoms in total. The summed E-state index contributed by atoms with van der Waals surface area (Å²) in [6.45, 7) is 9.37. The lowest BCUT2D eigenvalue weighted by Gasteiger charge is -2.11. The van der Waals surface area contributed by atoms with Crippen LogP contribution in [0.4, 0.5) is 0 Å². The minimum atomic E-state index is -0.268. The van der Waals surface area contributed by atoms with Crippen LogP contribution in [0.2, 0.25) is 0 Å². The van der Waals surface area contributed by atoms with Gasteiger partial charge in [0.15, 0.2) is 0 Å². The van der Waals surface area contributed by atoms with Gasteiger partial charge in [-0.15, -0.1) is 0 Å². The molecule has 0 aliphatic heterocycles. The number of fused-ring (bicyclic) bond motifs is 1. The molecule has 114 valence electrons. The monoisotopic (exact) mass is 289 g/mol. The third-order valence-corrected chi connectivity index (χ3v) is 3.56. The fourth-order valence-corrected chi connectivity index (χ4v) is 2.65. The second kappa shape index (κ2) is 6.20. The van der Waals surface area contributed by atoms with Gasteiger partial charge in [0.2, 0.25) is 0 Å². The molecule has 2 rings (SSSR count). The van der Waals surface area contributed by atoms with Crippen LogP contribution in [0.3, 0.4) is 0 Å². The van der Waals surface area contributed by atoms with Crippen molar-refractivity contribution in [2.24, 2.45) is 5.92 Å². The van der Waals surface area contributed by atoms with Gasteiger partial charge in [0.1, 0.15) is 5.75 Å². The van der Waals surface area contributed by atoms with Crippen molar-refractivity contribution < 1.29 is 14.3 Å². The third kappa shape index (κ3) is 2.89. The van der Waals surface area contributed by atoms with Crippen molar-refractivity contribution >= 4 is 16.9 Å². The number of carbonyl (C=O) groups excluding carboxylic acids is 1. The van der Waals surface area contributed by atoms with Crippen molar-refractivity contribution in [1.82, 2.24) is 4.57 Å². The summed E-state index contributed by atoms with van der Waals surface area (Å²) in [6, 6.07) is 5.84. The molecule has 1 aromatic carbocycles. The number of carbonyl (C=O) groups is 1. The summed E-state index contributed by atoms with van der Waals surface area (Å²) >= 11 is 0. The third-order valence-electron chi connectivity index (χ3n) is 3.56. The molecule has 1 aromatic heterocycles. The van der Waals surface area contributed by atoms with Crippen molar-refractivity contribution in [2.75, 3.05) is 13.7 Å². The van der Waals surface area contributed by atoms with Gasteiger partial charge in [0.25, 0.3) is 0 Å². The molecule has 4 heteroatoms. The Balaban J connectivity index is 2.69. The van der Waals surface area contributed by atoms with Gasteiger partial charge in [-0.3, -0.25) is 0 Å². The van der Waals surface area contributed by atoms with Crippen molar-refractivity contribution in [2.45, 2.75) is 34.2 Å². The predicted molar refractivity (Wildman–Crippen MR) is 84.0 cm³/mol. The maximum atomic E-state index is 12.3. The van der Waals surface area contributed by atoms with Gasteiger partial charge in [-0.1, -0.05) is 13.8 Å². The van der Waals surface area contributed by atoms with Gasteiger partial charge in [0, 0.05) is 23.1 Å². The summed E-state index contributed by atoms with van der Waals surface area (Å²) in [6.07, 6.45) is 0. The molecule has 0 aliphatic rings. The van der Waals surface area contributed by atoms with E-state index in [1.165, 1.54) is 0 Å². The van der Waals surface area contributed by atoms with E-state index in [9.17, 15) is 4.79 Å². The quantitative estimate of drug-likeness (QED) is 0.786. The van der Waals surface area contributed by atoms with Crippen LogP contribution in [0.15, 0.2) is 18.2 Å². The van der Waals surface area contributed by atoms with Crippen LogP contribution in [0.25, 0.3) is 10.9 Å². The lowest BCUT2D eigenvalue weighted by atomic mass is 10.1. The van der Waals surface area contributed by atoms with E-state index in [4.69, 9.17) is 9.47 Å². The van der Waals surface area contributed by atoms with E-state index < -0.39 is 0 Å². The van der Waals surface area contributed by atoms with E-state index in [-0.39, 0.29) is 5.97 Å². The van der Waals surface area contributed by atoms with Crippen molar-refractivity contribution in [1.29, 1.82) is 0 Å². The van der Waals surface area contributed by atoms with Crippen LogP contribution in [-0.4, -0.2) is 24.3 Å². The van der Waals surface area contributed by atoms with Gasteiger partial charge < -0.3 is 14.0 Å². The number of methoxy groups -OCH3 is 1. The average Bonchev–Trinajstić information content (AvgIpc) is 2.70. The smallest absolute Gasteiger partial charge is 0.340 e. The highest BCUT2D eigenvalue weighted by Crippen LogP contribution is 2.30. The molecule has 21 heavy (non-hydrogen) atoms. The summed E-state index contributed by atoms with van der Waals surface area (Å²) in [4.78, 5) is 12.3. The van der Waals surface area contributed by atoms with E-state index in [2.05, 4.69) is 18.4 Å². The first-order valence-electron chi connectivity index (χ1n) is 7.33. The fraction of sp³-hybridized carbons (Fsp3) is 0.471. The van der Waals surface area contributed by atoms with Gasteiger partial charge in [-0.2, -0.15) is 0 Å². The first-order valence-corrected chi connectivity index (χ1v) is 7.33. The Kier molecular flexibility index (Phi) is 4.56. The molecular weight excluding hydrogens is 266 g/mol. The van der Waals surface area contributed by atoms with Gasteiger partial charge in [-0.05, 0) is 38.0 Å². The molecule has 2 aromatic rings. The predicted octanol–water partition coefficient (Wildman–Crippen LogP) is 3.79. The molecule has 0 unspecified atom stereocenters. The van der Waals surface area contributed by atoms with Crippen LogP contribution in [0, 0.1) is 12.8 Å². The molecule has 0 bridgehead atoms. The molecule has 0 amide bonds. The van der Waals surface area contributed by atoms with Crippen molar-refractivity contribution in [3.8, 4) is 5.75 Å². The van der Waals surface area contributed by atoms with Gasteiger partial charge >= 0.3 is 5.97 Å². The highest BCUT2D eigenvalue weighted by atomic mass is 16.5. The van der Waals surface area contributed by atoms with Crippen LogP contribution < -0.4 is 4.74 Å².